The Morgan fingerprint density at radius 1 is 1.38 bits per heavy atom. The maximum atomic E-state index is 12.4. The van der Waals surface area contributed by atoms with Crippen molar-refractivity contribution in [2.24, 2.45) is 0 Å². The summed E-state index contributed by atoms with van der Waals surface area (Å²) in [7, 11) is 0. The molecule has 1 unspecified atom stereocenters. The fraction of sp³-hybridized carbons (Fsp3) is 0.385. The molecule has 0 saturated carbocycles. The molecule has 1 atom stereocenters. The number of hydrogen-bond donors (Lipinski definition) is 1. The number of thioether (sulfide) groups is 1. The van der Waals surface area contributed by atoms with Gasteiger partial charge in [-0.15, -0.1) is 0 Å². The molecule has 1 aliphatic rings. The van der Waals surface area contributed by atoms with E-state index in [4.69, 9.17) is 5.11 Å². The summed E-state index contributed by atoms with van der Waals surface area (Å²) in [5, 5.41) is 9.16. The maximum Gasteiger partial charge on any atom is 0.387 e. The molecule has 0 aliphatic carbocycles. The Morgan fingerprint density at radius 2 is 2.10 bits per heavy atom. The van der Waals surface area contributed by atoms with Crippen molar-refractivity contribution in [3.8, 4) is 5.75 Å². The van der Waals surface area contributed by atoms with Crippen molar-refractivity contribution in [2.75, 3.05) is 18.1 Å². The first-order valence-electron chi connectivity index (χ1n) is 6.16. The zero-order valence-corrected chi connectivity index (χ0v) is 11.7. The van der Waals surface area contributed by atoms with Crippen LogP contribution >= 0.6 is 11.8 Å². The third-order valence-electron chi connectivity index (χ3n) is 3.01. The van der Waals surface area contributed by atoms with Gasteiger partial charge in [0.05, 0.1) is 5.56 Å². The first-order valence-corrected chi connectivity index (χ1v) is 7.31. The zero-order valence-electron chi connectivity index (χ0n) is 10.9. The van der Waals surface area contributed by atoms with Crippen LogP contribution in [0.2, 0.25) is 0 Å². The number of rotatable bonds is 4. The van der Waals surface area contributed by atoms with E-state index in [0.717, 1.165) is 0 Å². The smallest absolute Gasteiger partial charge is 0.387 e. The van der Waals surface area contributed by atoms with Crippen LogP contribution in [0.4, 0.5) is 8.78 Å². The Balaban J connectivity index is 2.28. The molecular weight excluding hydrogens is 304 g/mol. The minimum Gasteiger partial charge on any atom is -0.480 e. The molecule has 21 heavy (non-hydrogen) atoms. The van der Waals surface area contributed by atoms with Crippen LogP contribution in [0.15, 0.2) is 24.3 Å². The highest BCUT2D eigenvalue weighted by atomic mass is 32.2. The molecule has 5 nitrogen and oxygen atoms in total. The van der Waals surface area contributed by atoms with Crippen molar-refractivity contribution < 1.29 is 28.2 Å². The number of hydrogen-bond acceptors (Lipinski definition) is 4. The molecule has 1 aromatic rings. The summed E-state index contributed by atoms with van der Waals surface area (Å²) in [5.74, 6) is -1.09. The summed E-state index contributed by atoms with van der Waals surface area (Å²) in [4.78, 5) is 24.8. The second-order valence-corrected chi connectivity index (χ2v) is 5.45. The zero-order chi connectivity index (χ0) is 15.4. The third-order valence-corrected chi connectivity index (χ3v) is 4.03. The van der Waals surface area contributed by atoms with E-state index in [1.54, 1.807) is 0 Å². The third kappa shape index (κ3) is 3.63. The molecule has 8 heteroatoms. The van der Waals surface area contributed by atoms with Gasteiger partial charge in [0.15, 0.2) is 0 Å². The minimum atomic E-state index is -3.05. The summed E-state index contributed by atoms with van der Waals surface area (Å²) in [6.45, 7) is -2.80. The molecule has 0 aromatic heterocycles. The van der Waals surface area contributed by atoms with Gasteiger partial charge in [-0.1, -0.05) is 12.1 Å². The fourth-order valence-electron chi connectivity index (χ4n) is 2.05. The molecule has 0 radical (unpaired) electrons. The number of carboxylic acids is 1. The Kier molecular flexibility index (Phi) is 5.00. The van der Waals surface area contributed by atoms with Crippen LogP contribution in [-0.2, 0) is 4.79 Å². The van der Waals surface area contributed by atoms with Crippen molar-refractivity contribution in [1.82, 2.24) is 4.90 Å². The molecule has 2 rings (SSSR count). The monoisotopic (exact) mass is 317 g/mol. The number of carboxylic acid groups (broad SMARTS) is 1. The number of aliphatic carboxylic acids is 1. The molecule has 1 amide bonds. The highest BCUT2D eigenvalue weighted by Gasteiger charge is 2.34. The molecule has 114 valence electrons. The lowest BCUT2D eigenvalue weighted by Crippen LogP contribution is -2.50. The van der Waals surface area contributed by atoms with E-state index < -0.39 is 24.5 Å². The average Bonchev–Trinajstić information content (AvgIpc) is 2.46. The average molecular weight is 317 g/mol. The van der Waals surface area contributed by atoms with Crippen LogP contribution in [0.5, 0.6) is 5.75 Å². The number of carbonyl (C=O) groups excluding carboxylic acids is 1. The number of carbonyl (C=O) groups is 2. The quantitative estimate of drug-likeness (QED) is 0.919. The normalized spacial score (nSPS) is 18.6. The van der Waals surface area contributed by atoms with E-state index in [0.29, 0.717) is 5.75 Å². The number of para-hydroxylation sites is 1. The standard InChI is InChI=1S/C13H13F2NO4S/c14-13(15)20-10-4-2-1-3-8(10)11(17)16-5-6-21-7-9(16)12(18)19/h1-4,9,13H,5-7H2,(H,18,19). The summed E-state index contributed by atoms with van der Waals surface area (Å²) in [6, 6.07) is 4.62. The van der Waals surface area contributed by atoms with E-state index in [1.807, 2.05) is 0 Å². The van der Waals surface area contributed by atoms with Crippen LogP contribution in [0.3, 0.4) is 0 Å². The van der Waals surface area contributed by atoms with Crippen LogP contribution in [0.25, 0.3) is 0 Å². The van der Waals surface area contributed by atoms with Crippen molar-refractivity contribution in [3.63, 3.8) is 0 Å². The predicted octanol–water partition coefficient (Wildman–Crippen LogP) is 1.93. The molecular formula is C13H13F2NO4S. The first-order chi connectivity index (χ1) is 10.0. The topological polar surface area (TPSA) is 66.8 Å². The lowest BCUT2D eigenvalue weighted by atomic mass is 10.1. The van der Waals surface area contributed by atoms with Crippen molar-refractivity contribution >= 4 is 23.6 Å². The minimum absolute atomic E-state index is 0.0593. The number of nitrogens with zero attached hydrogens (tertiary/aromatic N) is 1. The number of benzene rings is 1. The Bertz CT molecular complexity index is 541. The van der Waals surface area contributed by atoms with E-state index >= 15 is 0 Å². The highest BCUT2D eigenvalue weighted by molar-refractivity contribution is 7.99. The molecule has 1 aliphatic heterocycles. The van der Waals surface area contributed by atoms with Gasteiger partial charge in [0, 0.05) is 18.1 Å². The van der Waals surface area contributed by atoms with Gasteiger partial charge in [-0.2, -0.15) is 20.5 Å². The molecule has 0 bridgehead atoms. The lowest BCUT2D eigenvalue weighted by molar-refractivity contribution is -0.141. The van der Waals surface area contributed by atoms with Gasteiger partial charge in [0.2, 0.25) is 0 Å². The van der Waals surface area contributed by atoms with Gasteiger partial charge in [0.1, 0.15) is 11.8 Å². The summed E-state index contributed by atoms with van der Waals surface area (Å²) >= 11 is 1.44. The van der Waals surface area contributed by atoms with Gasteiger partial charge in [0.25, 0.3) is 5.91 Å². The van der Waals surface area contributed by atoms with E-state index in [-0.39, 0.29) is 23.6 Å². The lowest BCUT2D eigenvalue weighted by Gasteiger charge is -2.32. The highest BCUT2D eigenvalue weighted by Crippen LogP contribution is 2.25. The van der Waals surface area contributed by atoms with Gasteiger partial charge < -0.3 is 14.7 Å². The number of halogens is 2. The van der Waals surface area contributed by atoms with Crippen molar-refractivity contribution in [3.05, 3.63) is 29.8 Å². The van der Waals surface area contributed by atoms with E-state index in [1.165, 1.54) is 40.9 Å². The predicted molar refractivity (Wildman–Crippen MR) is 72.9 cm³/mol. The van der Waals surface area contributed by atoms with Crippen molar-refractivity contribution in [1.29, 1.82) is 0 Å². The number of alkyl halides is 2. The Morgan fingerprint density at radius 3 is 2.76 bits per heavy atom. The Hall–Kier alpha value is -1.83. The van der Waals surface area contributed by atoms with Crippen molar-refractivity contribution in [2.45, 2.75) is 12.7 Å². The fourth-order valence-corrected chi connectivity index (χ4v) is 3.09. The summed E-state index contributed by atoms with van der Waals surface area (Å²) < 4.78 is 29.1. The van der Waals surface area contributed by atoms with Crippen LogP contribution in [0, 0.1) is 0 Å². The first kappa shape index (κ1) is 15.6. The number of ether oxygens (including phenoxy) is 1. The second kappa shape index (κ2) is 6.75. The van der Waals surface area contributed by atoms with Gasteiger partial charge >= 0.3 is 12.6 Å². The van der Waals surface area contributed by atoms with E-state index in [9.17, 15) is 18.4 Å². The molecule has 1 heterocycles. The largest absolute Gasteiger partial charge is 0.480 e. The molecule has 1 saturated heterocycles. The van der Waals surface area contributed by atoms with Gasteiger partial charge in [-0.3, -0.25) is 4.79 Å². The summed E-state index contributed by atoms with van der Waals surface area (Å²) in [5.41, 5.74) is -0.0593. The molecule has 1 aromatic carbocycles. The summed E-state index contributed by atoms with van der Waals surface area (Å²) in [6.07, 6.45) is 0. The number of amides is 1. The SMILES string of the molecule is O=C(O)C1CSCCN1C(=O)c1ccccc1OC(F)F. The van der Waals surface area contributed by atoms with Crippen LogP contribution in [0.1, 0.15) is 10.4 Å². The van der Waals surface area contributed by atoms with Crippen LogP contribution < -0.4 is 4.74 Å². The Labute approximate surface area is 123 Å². The van der Waals surface area contributed by atoms with Gasteiger partial charge in [-0.25, -0.2) is 4.79 Å². The molecule has 1 fully saturated rings. The second-order valence-electron chi connectivity index (χ2n) is 4.30. The molecule has 0 spiro atoms. The van der Waals surface area contributed by atoms with E-state index in [2.05, 4.69) is 4.74 Å². The maximum absolute atomic E-state index is 12.4. The van der Waals surface area contributed by atoms with Crippen LogP contribution in [-0.4, -0.2) is 52.6 Å². The van der Waals surface area contributed by atoms with Gasteiger partial charge in [-0.05, 0) is 12.1 Å². The molecule has 1 N–H and O–H groups in total.